The Kier molecular flexibility index (Phi) is 5.02. The zero-order valence-corrected chi connectivity index (χ0v) is 13.7. The summed E-state index contributed by atoms with van der Waals surface area (Å²) in [7, 11) is 1.92. The molecule has 1 heterocycles. The molecule has 4 heteroatoms. The minimum atomic E-state index is 0.785. The molecule has 2 rings (SSSR count). The monoisotopic (exact) mass is 287 g/mol. The minimum Gasteiger partial charge on any atom is -0.439 e. The number of hydrogen-bond acceptors (Lipinski definition) is 3. The molecule has 1 aromatic carbocycles. The number of nitrogens with one attached hydrogen (secondary N) is 1. The zero-order chi connectivity index (χ0) is 15.4. The topological polar surface area (TPSA) is 39.1 Å². The summed E-state index contributed by atoms with van der Waals surface area (Å²) in [5.41, 5.74) is 4.65. The van der Waals surface area contributed by atoms with Gasteiger partial charge in [-0.25, -0.2) is 4.68 Å². The van der Waals surface area contributed by atoms with E-state index in [0.29, 0.717) is 0 Å². The van der Waals surface area contributed by atoms with Gasteiger partial charge in [0.05, 0.1) is 11.3 Å². The highest BCUT2D eigenvalue weighted by Gasteiger charge is 2.15. The first-order chi connectivity index (χ1) is 10.0. The van der Waals surface area contributed by atoms with Crippen LogP contribution < -0.4 is 10.1 Å². The Morgan fingerprint density at radius 2 is 1.95 bits per heavy atom. The van der Waals surface area contributed by atoms with E-state index in [4.69, 9.17) is 4.74 Å². The molecule has 0 atom stereocenters. The molecule has 0 aliphatic rings. The van der Waals surface area contributed by atoms with E-state index in [2.05, 4.69) is 43.3 Å². The first-order valence-electron chi connectivity index (χ1n) is 7.51. The van der Waals surface area contributed by atoms with E-state index in [0.717, 1.165) is 42.4 Å². The number of hydrogen-bond donors (Lipinski definition) is 1. The zero-order valence-electron chi connectivity index (χ0n) is 13.7. The van der Waals surface area contributed by atoms with Gasteiger partial charge in [0.15, 0.2) is 0 Å². The van der Waals surface area contributed by atoms with E-state index in [1.165, 1.54) is 11.1 Å². The second kappa shape index (κ2) is 6.76. The fraction of sp³-hybridized carbons (Fsp3) is 0.471. The molecule has 0 amide bonds. The van der Waals surface area contributed by atoms with E-state index in [-0.39, 0.29) is 0 Å². The molecule has 0 fully saturated rings. The number of aromatic nitrogens is 2. The third-order valence-electron chi connectivity index (χ3n) is 3.71. The Morgan fingerprint density at radius 3 is 2.62 bits per heavy atom. The quantitative estimate of drug-likeness (QED) is 0.824. The molecule has 0 bridgehead atoms. The first kappa shape index (κ1) is 15.6. The summed E-state index contributed by atoms with van der Waals surface area (Å²) in [4.78, 5) is 0. The Balaban J connectivity index is 2.23. The molecule has 0 radical (unpaired) electrons. The fourth-order valence-electron chi connectivity index (χ4n) is 2.29. The molecular weight excluding hydrogens is 262 g/mol. The van der Waals surface area contributed by atoms with Crippen molar-refractivity contribution in [3.05, 3.63) is 40.6 Å². The van der Waals surface area contributed by atoms with Gasteiger partial charge in [-0.15, -0.1) is 0 Å². The second-order valence-corrected chi connectivity index (χ2v) is 5.52. The standard InChI is InChI=1S/C17H25N3O/c1-6-9-18-11-16-14(4)19-20(5)17(16)21-15-8-7-12(2)13(3)10-15/h7-8,10,18H,6,9,11H2,1-5H3. The Labute approximate surface area is 127 Å². The highest BCUT2D eigenvalue weighted by molar-refractivity contribution is 5.39. The van der Waals surface area contributed by atoms with Crippen molar-refractivity contribution < 1.29 is 4.74 Å². The second-order valence-electron chi connectivity index (χ2n) is 5.52. The highest BCUT2D eigenvalue weighted by atomic mass is 16.5. The molecule has 0 saturated heterocycles. The van der Waals surface area contributed by atoms with Crippen molar-refractivity contribution in [1.82, 2.24) is 15.1 Å². The molecule has 2 aromatic rings. The number of ether oxygens (including phenoxy) is 1. The summed E-state index contributed by atoms with van der Waals surface area (Å²) in [6, 6.07) is 6.16. The SMILES string of the molecule is CCCNCc1c(C)nn(C)c1Oc1ccc(C)c(C)c1. The van der Waals surface area contributed by atoms with Crippen molar-refractivity contribution in [2.45, 2.75) is 40.7 Å². The summed E-state index contributed by atoms with van der Waals surface area (Å²) < 4.78 is 7.90. The molecule has 4 nitrogen and oxygen atoms in total. The largest absolute Gasteiger partial charge is 0.439 e. The van der Waals surface area contributed by atoms with Crippen LogP contribution in [0.15, 0.2) is 18.2 Å². The highest BCUT2D eigenvalue weighted by Crippen LogP contribution is 2.28. The first-order valence-corrected chi connectivity index (χ1v) is 7.51. The third-order valence-corrected chi connectivity index (χ3v) is 3.71. The number of nitrogens with zero attached hydrogens (tertiary/aromatic N) is 2. The summed E-state index contributed by atoms with van der Waals surface area (Å²) in [6.45, 7) is 10.2. The van der Waals surface area contributed by atoms with Crippen molar-refractivity contribution in [2.24, 2.45) is 7.05 Å². The normalized spacial score (nSPS) is 10.9. The maximum absolute atomic E-state index is 6.09. The number of aryl methyl sites for hydroxylation is 4. The Hall–Kier alpha value is -1.81. The minimum absolute atomic E-state index is 0.785. The lowest BCUT2D eigenvalue weighted by Gasteiger charge is -2.11. The van der Waals surface area contributed by atoms with Crippen LogP contribution in [0.3, 0.4) is 0 Å². The molecule has 0 aliphatic heterocycles. The van der Waals surface area contributed by atoms with Gasteiger partial charge in [0, 0.05) is 13.6 Å². The fourth-order valence-corrected chi connectivity index (χ4v) is 2.29. The van der Waals surface area contributed by atoms with Gasteiger partial charge in [0.2, 0.25) is 5.88 Å². The lowest BCUT2D eigenvalue weighted by Crippen LogP contribution is -2.14. The molecule has 0 unspecified atom stereocenters. The van der Waals surface area contributed by atoms with Crippen LogP contribution in [0.1, 0.15) is 35.7 Å². The van der Waals surface area contributed by atoms with Crippen LogP contribution in [0.4, 0.5) is 0 Å². The van der Waals surface area contributed by atoms with Crippen molar-refractivity contribution in [3.63, 3.8) is 0 Å². The molecular formula is C17H25N3O. The predicted molar refractivity (Wildman–Crippen MR) is 85.9 cm³/mol. The predicted octanol–water partition coefficient (Wildman–Crippen LogP) is 3.64. The summed E-state index contributed by atoms with van der Waals surface area (Å²) in [6.07, 6.45) is 1.12. The van der Waals surface area contributed by atoms with Crippen LogP contribution >= 0.6 is 0 Å². The van der Waals surface area contributed by atoms with Crippen molar-refractivity contribution >= 4 is 0 Å². The third kappa shape index (κ3) is 3.64. The van der Waals surface area contributed by atoms with E-state index in [9.17, 15) is 0 Å². The number of rotatable bonds is 6. The number of benzene rings is 1. The van der Waals surface area contributed by atoms with Crippen LogP contribution in [0.25, 0.3) is 0 Å². The van der Waals surface area contributed by atoms with Crippen molar-refractivity contribution in [3.8, 4) is 11.6 Å². The van der Waals surface area contributed by atoms with Crippen LogP contribution in [-0.4, -0.2) is 16.3 Å². The van der Waals surface area contributed by atoms with Gasteiger partial charge in [-0.1, -0.05) is 13.0 Å². The summed E-state index contributed by atoms with van der Waals surface area (Å²) in [5, 5.41) is 7.90. The maximum atomic E-state index is 6.09. The van der Waals surface area contributed by atoms with E-state index >= 15 is 0 Å². The average Bonchev–Trinajstić information content (AvgIpc) is 2.70. The molecule has 1 aromatic heterocycles. The van der Waals surface area contributed by atoms with Gasteiger partial charge >= 0.3 is 0 Å². The molecule has 0 saturated carbocycles. The van der Waals surface area contributed by atoms with Gasteiger partial charge in [-0.2, -0.15) is 5.10 Å². The van der Waals surface area contributed by atoms with Crippen LogP contribution in [-0.2, 0) is 13.6 Å². The summed E-state index contributed by atoms with van der Waals surface area (Å²) in [5.74, 6) is 1.68. The van der Waals surface area contributed by atoms with Crippen LogP contribution in [0.2, 0.25) is 0 Å². The molecule has 21 heavy (non-hydrogen) atoms. The Bertz CT molecular complexity index is 617. The van der Waals surface area contributed by atoms with Gasteiger partial charge < -0.3 is 10.1 Å². The van der Waals surface area contributed by atoms with Gasteiger partial charge in [0.25, 0.3) is 0 Å². The molecule has 0 aliphatic carbocycles. The van der Waals surface area contributed by atoms with Crippen molar-refractivity contribution in [2.75, 3.05) is 6.54 Å². The summed E-state index contributed by atoms with van der Waals surface area (Å²) >= 11 is 0. The van der Waals surface area contributed by atoms with Crippen LogP contribution in [0.5, 0.6) is 11.6 Å². The van der Waals surface area contributed by atoms with E-state index < -0.39 is 0 Å². The Morgan fingerprint density at radius 1 is 1.19 bits per heavy atom. The average molecular weight is 287 g/mol. The molecule has 1 N–H and O–H groups in total. The van der Waals surface area contributed by atoms with E-state index in [1.54, 1.807) is 0 Å². The molecule has 114 valence electrons. The van der Waals surface area contributed by atoms with Gasteiger partial charge in [-0.05, 0) is 57.0 Å². The smallest absolute Gasteiger partial charge is 0.222 e. The van der Waals surface area contributed by atoms with E-state index in [1.807, 2.05) is 24.7 Å². The lowest BCUT2D eigenvalue weighted by atomic mass is 10.1. The maximum Gasteiger partial charge on any atom is 0.222 e. The molecule has 0 spiro atoms. The van der Waals surface area contributed by atoms with Gasteiger partial charge in [0.1, 0.15) is 5.75 Å². The van der Waals surface area contributed by atoms with Crippen LogP contribution in [0, 0.1) is 20.8 Å². The lowest BCUT2D eigenvalue weighted by molar-refractivity contribution is 0.423. The van der Waals surface area contributed by atoms with Gasteiger partial charge in [-0.3, -0.25) is 0 Å². The van der Waals surface area contributed by atoms with Crippen molar-refractivity contribution in [1.29, 1.82) is 0 Å².